The van der Waals surface area contributed by atoms with Crippen molar-refractivity contribution < 1.29 is 4.79 Å². The lowest BCUT2D eigenvalue weighted by molar-refractivity contribution is 0.0890. The second-order valence-corrected chi connectivity index (χ2v) is 5.69. The van der Waals surface area contributed by atoms with Crippen molar-refractivity contribution in [2.75, 3.05) is 13.1 Å². The first-order valence-corrected chi connectivity index (χ1v) is 7.62. The van der Waals surface area contributed by atoms with Gasteiger partial charge >= 0.3 is 0 Å². The molecule has 1 heterocycles. The second-order valence-electron chi connectivity index (χ2n) is 5.28. The number of Topliss-reactive ketones (excluding diaryl/α,β-unsaturated/α-hetero) is 1. The highest BCUT2D eigenvalue weighted by Crippen LogP contribution is 2.21. The number of likely N-dealkylation sites (tertiary alicyclic amines) is 1. The standard InChI is InChI=1S/C16H22ClNO/c1-2-13-8-4-3-7-11-18(13)12-16(19)14-9-5-6-10-15(14)17/h5-6,9-10,13H,2-4,7-8,11-12H2,1H3. The maximum absolute atomic E-state index is 12.4. The fourth-order valence-electron chi connectivity index (χ4n) is 2.86. The van der Waals surface area contributed by atoms with E-state index in [4.69, 9.17) is 11.6 Å². The smallest absolute Gasteiger partial charge is 0.178 e. The van der Waals surface area contributed by atoms with Gasteiger partial charge in [0.2, 0.25) is 0 Å². The lowest BCUT2D eigenvalue weighted by Crippen LogP contribution is -2.38. The molecule has 0 radical (unpaired) electrons. The lowest BCUT2D eigenvalue weighted by Gasteiger charge is -2.28. The Hall–Kier alpha value is -0.860. The predicted molar refractivity (Wildman–Crippen MR) is 79.9 cm³/mol. The van der Waals surface area contributed by atoms with Crippen molar-refractivity contribution in [3.05, 3.63) is 34.9 Å². The van der Waals surface area contributed by atoms with Crippen LogP contribution in [0.4, 0.5) is 0 Å². The largest absolute Gasteiger partial charge is 0.293 e. The molecular formula is C16H22ClNO. The minimum Gasteiger partial charge on any atom is -0.293 e. The van der Waals surface area contributed by atoms with Crippen LogP contribution in [0.15, 0.2) is 24.3 Å². The van der Waals surface area contributed by atoms with E-state index in [2.05, 4.69) is 11.8 Å². The van der Waals surface area contributed by atoms with E-state index in [-0.39, 0.29) is 5.78 Å². The van der Waals surface area contributed by atoms with Crippen LogP contribution in [0.5, 0.6) is 0 Å². The van der Waals surface area contributed by atoms with Gasteiger partial charge in [-0.2, -0.15) is 0 Å². The van der Waals surface area contributed by atoms with Crippen LogP contribution in [0.1, 0.15) is 49.4 Å². The van der Waals surface area contributed by atoms with E-state index in [0.29, 0.717) is 23.2 Å². The number of carbonyl (C=O) groups excluding carboxylic acids is 1. The van der Waals surface area contributed by atoms with Crippen LogP contribution in [0.2, 0.25) is 5.02 Å². The van der Waals surface area contributed by atoms with Gasteiger partial charge in [0, 0.05) is 11.6 Å². The summed E-state index contributed by atoms with van der Waals surface area (Å²) in [5.41, 5.74) is 0.656. The number of halogens is 1. The van der Waals surface area contributed by atoms with E-state index < -0.39 is 0 Å². The van der Waals surface area contributed by atoms with Crippen molar-refractivity contribution in [2.45, 2.75) is 45.1 Å². The summed E-state index contributed by atoms with van der Waals surface area (Å²) in [7, 11) is 0. The molecule has 0 bridgehead atoms. The van der Waals surface area contributed by atoms with Crippen LogP contribution in [0.25, 0.3) is 0 Å². The van der Waals surface area contributed by atoms with Crippen LogP contribution in [0, 0.1) is 0 Å². The van der Waals surface area contributed by atoms with E-state index in [9.17, 15) is 4.79 Å². The molecule has 1 aromatic carbocycles. The predicted octanol–water partition coefficient (Wildman–Crippen LogP) is 4.18. The van der Waals surface area contributed by atoms with Crippen LogP contribution in [-0.2, 0) is 0 Å². The normalized spacial score (nSPS) is 21.1. The molecule has 104 valence electrons. The zero-order valence-corrected chi connectivity index (χ0v) is 12.3. The van der Waals surface area contributed by atoms with Gasteiger partial charge < -0.3 is 0 Å². The van der Waals surface area contributed by atoms with Crippen LogP contribution < -0.4 is 0 Å². The van der Waals surface area contributed by atoms with Crippen molar-refractivity contribution in [3.63, 3.8) is 0 Å². The number of nitrogens with zero attached hydrogens (tertiary/aromatic N) is 1. The highest BCUT2D eigenvalue weighted by molar-refractivity contribution is 6.34. The minimum atomic E-state index is 0.144. The molecule has 0 spiro atoms. The van der Waals surface area contributed by atoms with E-state index in [0.717, 1.165) is 13.0 Å². The Labute approximate surface area is 120 Å². The highest BCUT2D eigenvalue weighted by atomic mass is 35.5. The van der Waals surface area contributed by atoms with Crippen molar-refractivity contribution in [2.24, 2.45) is 0 Å². The number of ketones is 1. The third kappa shape index (κ3) is 3.80. The third-order valence-electron chi connectivity index (χ3n) is 3.99. The highest BCUT2D eigenvalue weighted by Gasteiger charge is 2.22. The lowest BCUT2D eigenvalue weighted by atomic mass is 10.1. The minimum absolute atomic E-state index is 0.144. The van der Waals surface area contributed by atoms with Crippen molar-refractivity contribution in [3.8, 4) is 0 Å². The molecule has 2 rings (SSSR count). The van der Waals surface area contributed by atoms with Crippen molar-refractivity contribution >= 4 is 17.4 Å². The van der Waals surface area contributed by atoms with Gasteiger partial charge in [0.15, 0.2) is 5.78 Å². The Bertz CT molecular complexity index is 433. The molecule has 0 saturated carbocycles. The van der Waals surface area contributed by atoms with Crippen molar-refractivity contribution in [1.82, 2.24) is 4.90 Å². The van der Waals surface area contributed by atoms with E-state index in [1.165, 1.54) is 25.7 Å². The van der Waals surface area contributed by atoms with Gasteiger partial charge in [-0.3, -0.25) is 9.69 Å². The summed E-state index contributed by atoms with van der Waals surface area (Å²) in [6.45, 7) is 3.75. The van der Waals surface area contributed by atoms with Crippen LogP contribution in [-0.4, -0.2) is 29.8 Å². The number of rotatable bonds is 4. The topological polar surface area (TPSA) is 20.3 Å². The summed E-state index contributed by atoms with van der Waals surface area (Å²) in [6.07, 6.45) is 6.11. The van der Waals surface area contributed by atoms with Gasteiger partial charge in [-0.1, -0.05) is 43.5 Å². The maximum atomic E-state index is 12.4. The second kappa shape index (κ2) is 7.06. The average Bonchev–Trinajstić information content (AvgIpc) is 2.64. The Kier molecular flexibility index (Phi) is 5.41. The first-order valence-electron chi connectivity index (χ1n) is 7.24. The van der Waals surface area contributed by atoms with E-state index in [1.54, 1.807) is 6.07 Å². The summed E-state index contributed by atoms with van der Waals surface area (Å²) < 4.78 is 0. The molecule has 1 aromatic rings. The number of benzene rings is 1. The van der Waals surface area contributed by atoms with Gasteiger partial charge in [-0.05, 0) is 37.9 Å². The van der Waals surface area contributed by atoms with Crippen molar-refractivity contribution in [1.29, 1.82) is 0 Å². The van der Waals surface area contributed by atoms with Gasteiger partial charge in [0.1, 0.15) is 0 Å². The summed E-state index contributed by atoms with van der Waals surface area (Å²) in [5.74, 6) is 0.144. The Morgan fingerprint density at radius 3 is 2.84 bits per heavy atom. The molecule has 19 heavy (non-hydrogen) atoms. The molecule has 2 nitrogen and oxygen atoms in total. The molecule has 1 aliphatic heterocycles. The number of hydrogen-bond acceptors (Lipinski definition) is 2. The molecule has 1 unspecified atom stereocenters. The van der Waals surface area contributed by atoms with Gasteiger partial charge in [0.25, 0.3) is 0 Å². The zero-order valence-electron chi connectivity index (χ0n) is 11.6. The summed E-state index contributed by atoms with van der Waals surface area (Å²) in [4.78, 5) is 14.7. The summed E-state index contributed by atoms with van der Waals surface area (Å²) in [6, 6.07) is 7.89. The van der Waals surface area contributed by atoms with Crippen LogP contribution in [0.3, 0.4) is 0 Å². The Morgan fingerprint density at radius 2 is 2.11 bits per heavy atom. The molecule has 0 aromatic heterocycles. The molecule has 0 N–H and O–H groups in total. The van der Waals surface area contributed by atoms with E-state index >= 15 is 0 Å². The first kappa shape index (κ1) is 14.5. The fourth-order valence-corrected chi connectivity index (χ4v) is 3.11. The number of hydrogen-bond donors (Lipinski definition) is 0. The van der Waals surface area contributed by atoms with Gasteiger partial charge in [0.05, 0.1) is 11.6 Å². The molecular weight excluding hydrogens is 258 g/mol. The number of carbonyl (C=O) groups is 1. The Balaban J connectivity index is 2.06. The molecule has 1 atom stereocenters. The van der Waals surface area contributed by atoms with Crippen LogP contribution >= 0.6 is 11.6 Å². The Morgan fingerprint density at radius 1 is 1.32 bits per heavy atom. The third-order valence-corrected chi connectivity index (χ3v) is 4.32. The molecule has 0 amide bonds. The van der Waals surface area contributed by atoms with Gasteiger partial charge in [-0.15, -0.1) is 0 Å². The molecule has 3 heteroatoms. The monoisotopic (exact) mass is 279 g/mol. The molecule has 0 aliphatic carbocycles. The zero-order chi connectivity index (χ0) is 13.7. The molecule has 1 fully saturated rings. The molecule has 1 aliphatic rings. The fraction of sp³-hybridized carbons (Fsp3) is 0.562. The summed E-state index contributed by atoms with van der Waals surface area (Å²) in [5, 5.41) is 0.565. The van der Waals surface area contributed by atoms with Gasteiger partial charge in [-0.25, -0.2) is 0 Å². The maximum Gasteiger partial charge on any atom is 0.178 e. The first-order chi connectivity index (χ1) is 9.22. The summed E-state index contributed by atoms with van der Waals surface area (Å²) >= 11 is 6.10. The average molecular weight is 280 g/mol. The SMILES string of the molecule is CCC1CCCCCN1CC(=O)c1ccccc1Cl. The van der Waals surface area contributed by atoms with E-state index in [1.807, 2.05) is 18.2 Å². The molecule has 1 saturated heterocycles. The quantitative estimate of drug-likeness (QED) is 0.771.